The molecule has 0 saturated carbocycles. The fourth-order valence-electron chi connectivity index (χ4n) is 10.3. The monoisotopic (exact) mass is 1210 g/mol. The Kier molecular flexibility index (Phi) is 31.8. The third-order valence-electron chi connectivity index (χ3n) is 14.7. The van der Waals surface area contributed by atoms with Crippen molar-refractivity contribution in [3.05, 3.63) is 165 Å². The standard InChI is InChI=1S/C72H92O16/c1-9-15-19-23-31-81-69-55-35-51(47-85-63(73)13-5)37-57(69)44-59-39-53(49-87-67(77)29-27-65(75)79-7)41-61(71(59)83-33-25-21-17-11-3)46-62-42-54(50-88-68(78)30-28-66(76)80-8)40-60(72(62)84-34-26-22-18-12-4)45-58-38-52(48-86-64(74)14-6)36-56(43-55)70(58)82-32-24-20-16-10-2/h13-14,27-30,35-42H,5-6,9-12,15-26,31-34,43-50H2,1-4,7-8H3/b29-27-,30-28-. The van der Waals surface area contributed by atoms with E-state index in [0.29, 0.717) is 71.7 Å². The summed E-state index contributed by atoms with van der Waals surface area (Å²) in [5.41, 5.74) is 8.65. The second-order valence-electron chi connectivity index (χ2n) is 21.9. The van der Waals surface area contributed by atoms with Gasteiger partial charge in [-0.25, -0.2) is 28.8 Å². The Bertz CT molecular complexity index is 2820. The zero-order chi connectivity index (χ0) is 63.5. The molecule has 0 aromatic heterocycles. The van der Waals surface area contributed by atoms with Crippen molar-refractivity contribution in [3.8, 4) is 23.0 Å². The summed E-state index contributed by atoms with van der Waals surface area (Å²) in [6.45, 7) is 17.0. The molecule has 476 valence electrons. The molecule has 0 radical (unpaired) electrons. The Morgan fingerprint density at radius 2 is 0.545 bits per heavy atom. The molecule has 88 heavy (non-hydrogen) atoms. The molecule has 1 aliphatic rings. The molecule has 0 aliphatic heterocycles. The Labute approximate surface area is 520 Å². The molecule has 5 rings (SSSR count). The van der Waals surface area contributed by atoms with Gasteiger partial charge in [0.2, 0.25) is 0 Å². The number of carbonyl (C=O) groups is 6. The van der Waals surface area contributed by atoms with E-state index < -0.39 is 35.8 Å². The number of esters is 6. The van der Waals surface area contributed by atoms with Gasteiger partial charge in [-0.15, -0.1) is 0 Å². The van der Waals surface area contributed by atoms with Gasteiger partial charge in [0.15, 0.2) is 0 Å². The summed E-state index contributed by atoms with van der Waals surface area (Å²) in [4.78, 5) is 76.3. The van der Waals surface area contributed by atoms with E-state index in [-0.39, 0.29) is 52.1 Å². The maximum Gasteiger partial charge on any atom is 0.331 e. The lowest BCUT2D eigenvalue weighted by atomic mass is 9.88. The molecule has 4 aromatic rings. The summed E-state index contributed by atoms with van der Waals surface area (Å²) in [6.07, 6.45) is 22.4. The Balaban J connectivity index is 1.97. The summed E-state index contributed by atoms with van der Waals surface area (Å²) in [5.74, 6) is -1.65. The molecule has 16 nitrogen and oxygen atoms in total. The molecule has 1 aliphatic carbocycles. The van der Waals surface area contributed by atoms with Gasteiger partial charge in [-0.3, -0.25) is 0 Å². The Morgan fingerprint density at radius 3 is 0.750 bits per heavy atom. The highest BCUT2D eigenvalue weighted by atomic mass is 16.6. The number of hydrogen-bond donors (Lipinski definition) is 0. The highest BCUT2D eigenvalue weighted by Crippen LogP contribution is 2.42. The highest BCUT2D eigenvalue weighted by molar-refractivity contribution is 5.92. The van der Waals surface area contributed by atoms with Crippen molar-refractivity contribution in [2.75, 3.05) is 40.6 Å². The first kappa shape index (κ1) is 70.6. The van der Waals surface area contributed by atoms with Crippen LogP contribution in [0, 0.1) is 0 Å². The van der Waals surface area contributed by atoms with E-state index in [9.17, 15) is 28.8 Å². The molecular formula is C72H92O16. The largest absolute Gasteiger partial charge is 0.493 e. The molecule has 4 aromatic carbocycles. The van der Waals surface area contributed by atoms with Crippen LogP contribution in [0.5, 0.6) is 23.0 Å². The summed E-state index contributed by atoms with van der Waals surface area (Å²) < 4.78 is 60.8. The number of ether oxygens (including phenoxy) is 10. The van der Waals surface area contributed by atoms with E-state index in [1.807, 2.05) is 48.5 Å². The van der Waals surface area contributed by atoms with Crippen molar-refractivity contribution < 1.29 is 76.1 Å². The van der Waals surface area contributed by atoms with Gasteiger partial charge in [-0.1, -0.05) is 118 Å². The number of rotatable bonds is 38. The molecule has 0 N–H and O–H groups in total. The molecule has 0 heterocycles. The van der Waals surface area contributed by atoms with Gasteiger partial charge in [-0.05, 0) is 141 Å². The van der Waals surface area contributed by atoms with E-state index in [0.717, 1.165) is 184 Å². The van der Waals surface area contributed by atoms with Crippen LogP contribution < -0.4 is 18.9 Å². The smallest absolute Gasteiger partial charge is 0.331 e. The topological polar surface area (TPSA) is 195 Å². The van der Waals surface area contributed by atoms with Crippen LogP contribution >= 0.6 is 0 Å². The van der Waals surface area contributed by atoms with Crippen LogP contribution in [0.3, 0.4) is 0 Å². The van der Waals surface area contributed by atoms with E-state index in [1.54, 1.807) is 0 Å². The Morgan fingerprint density at radius 1 is 0.330 bits per heavy atom. The van der Waals surface area contributed by atoms with Crippen LogP contribution in [-0.4, -0.2) is 76.5 Å². The SMILES string of the molecule is C=CC(=O)OCc1cc2c(OCCCCCC)c(c1)Cc1cc(COC(=O)/C=C\C(=O)OC)cc(c1OCCCCCC)Cc1cc(COC(=O)/C=C\C(=O)OC)cc(c1OCCCCCC)Cc1cc(COC(=O)C=C)cc(c1OCCCCCC)C2. The third kappa shape index (κ3) is 24.2. The van der Waals surface area contributed by atoms with E-state index in [2.05, 4.69) is 40.9 Å². The lowest BCUT2D eigenvalue weighted by Crippen LogP contribution is -2.13. The van der Waals surface area contributed by atoms with E-state index in [1.165, 1.54) is 14.2 Å². The summed E-state index contributed by atoms with van der Waals surface area (Å²) in [7, 11) is 2.44. The van der Waals surface area contributed by atoms with Crippen LogP contribution in [0.4, 0.5) is 0 Å². The Hall–Kier alpha value is -8.14. The average molecular weight is 1210 g/mol. The van der Waals surface area contributed by atoms with Crippen LogP contribution in [0.1, 0.15) is 197 Å². The third-order valence-corrected chi connectivity index (χ3v) is 14.7. The highest BCUT2D eigenvalue weighted by Gasteiger charge is 2.26. The molecule has 0 atom stereocenters. The molecule has 0 unspecified atom stereocenters. The van der Waals surface area contributed by atoms with Crippen molar-refractivity contribution in [1.29, 1.82) is 0 Å². The zero-order valence-corrected chi connectivity index (χ0v) is 52.8. The predicted molar refractivity (Wildman–Crippen MR) is 337 cm³/mol. The number of benzene rings is 4. The summed E-state index contributed by atoms with van der Waals surface area (Å²) in [5, 5.41) is 0. The molecule has 16 heteroatoms. The first-order valence-corrected chi connectivity index (χ1v) is 31.3. The molecule has 8 bridgehead atoms. The van der Waals surface area contributed by atoms with E-state index >= 15 is 0 Å². The van der Waals surface area contributed by atoms with Gasteiger partial charge in [0.25, 0.3) is 0 Å². The quantitative estimate of drug-likeness (QED) is 0.0157. The van der Waals surface area contributed by atoms with Gasteiger partial charge < -0.3 is 47.4 Å². The second kappa shape index (κ2) is 39.6. The first-order valence-electron chi connectivity index (χ1n) is 31.3. The minimum Gasteiger partial charge on any atom is -0.493 e. The second-order valence-corrected chi connectivity index (χ2v) is 21.9. The molecule has 0 saturated heterocycles. The van der Waals surface area contributed by atoms with Crippen molar-refractivity contribution in [3.63, 3.8) is 0 Å². The van der Waals surface area contributed by atoms with Crippen LogP contribution in [0.25, 0.3) is 0 Å². The molecule has 0 amide bonds. The van der Waals surface area contributed by atoms with Gasteiger partial charge in [0, 0.05) is 62.1 Å². The van der Waals surface area contributed by atoms with Crippen molar-refractivity contribution in [2.45, 2.75) is 183 Å². The van der Waals surface area contributed by atoms with Crippen molar-refractivity contribution in [2.24, 2.45) is 0 Å². The number of carbonyl (C=O) groups excluding carboxylic acids is 6. The fourth-order valence-corrected chi connectivity index (χ4v) is 10.3. The van der Waals surface area contributed by atoms with Gasteiger partial charge in [0.05, 0.1) is 40.6 Å². The number of hydrogen-bond acceptors (Lipinski definition) is 16. The van der Waals surface area contributed by atoms with Crippen LogP contribution in [0.15, 0.2) is 98.1 Å². The van der Waals surface area contributed by atoms with Crippen molar-refractivity contribution in [1.82, 2.24) is 0 Å². The lowest BCUT2D eigenvalue weighted by molar-refractivity contribution is -0.140. The molecule has 0 fully saturated rings. The minimum absolute atomic E-state index is 0.0819. The average Bonchev–Trinajstić information content (AvgIpc) is 1.19. The summed E-state index contributed by atoms with van der Waals surface area (Å²) >= 11 is 0. The normalized spacial score (nSPS) is 11.8. The van der Waals surface area contributed by atoms with Gasteiger partial charge in [-0.2, -0.15) is 0 Å². The van der Waals surface area contributed by atoms with Crippen LogP contribution in [-0.2, 0) is 109 Å². The predicted octanol–water partition coefficient (Wildman–Crippen LogP) is 14.2. The zero-order valence-electron chi connectivity index (χ0n) is 52.8. The van der Waals surface area contributed by atoms with Crippen molar-refractivity contribution >= 4 is 35.8 Å². The number of unbranched alkanes of at least 4 members (excludes halogenated alkanes) is 12. The fraction of sp³-hybridized carbons (Fsp3) is 0.472. The number of fused-ring (bicyclic) bond motifs is 8. The lowest BCUT2D eigenvalue weighted by Gasteiger charge is -2.25. The first-order chi connectivity index (χ1) is 42.8. The summed E-state index contributed by atoms with van der Waals surface area (Å²) in [6, 6.07) is 15.8. The number of methoxy groups -OCH3 is 2. The minimum atomic E-state index is -0.758. The molecular weight excluding hydrogens is 1120 g/mol. The van der Waals surface area contributed by atoms with Gasteiger partial charge in [0.1, 0.15) is 49.4 Å². The van der Waals surface area contributed by atoms with Crippen LogP contribution in [0.2, 0.25) is 0 Å². The molecule has 0 spiro atoms. The van der Waals surface area contributed by atoms with E-state index in [4.69, 9.17) is 47.4 Å². The maximum atomic E-state index is 13.3. The maximum absolute atomic E-state index is 13.3. The van der Waals surface area contributed by atoms with Gasteiger partial charge >= 0.3 is 35.8 Å².